The van der Waals surface area contributed by atoms with Crippen molar-refractivity contribution in [2.24, 2.45) is 5.92 Å². The summed E-state index contributed by atoms with van der Waals surface area (Å²) in [5.74, 6) is 1.63. The fraction of sp³-hybridized carbons (Fsp3) is 0.286. The number of amides is 1. The lowest BCUT2D eigenvalue weighted by atomic mass is 10.1. The molecule has 0 atom stereocenters. The zero-order chi connectivity index (χ0) is 19.7. The number of hydrogen-bond acceptors (Lipinski definition) is 5. The molecule has 0 saturated heterocycles. The molecule has 1 aliphatic heterocycles. The molecule has 0 spiro atoms. The van der Waals surface area contributed by atoms with E-state index in [1.807, 2.05) is 38.1 Å². The van der Waals surface area contributed by atoms with Crippen molar-refractivity contribution in [3.63, 3.8) is 0 Å². The first kappa shape index (κ1) is 18.0. The number of carbonyl (C=O) groups excluding carboxylic acids is 1. The van der Waals surface area contributed by atoms with E-state index in [9.17, 15) is 9.59 Å². The van der Waals surface area contributed by atoms with Gasteiger partial charge in [0.05, 0.1) is 17.4 Å². The van der Waals surface area contributed by atoms with Crippen molar-refractivity contribution in [3.05, 3.63) is 64.2 Å². The third-order valence-corrected chi connectivity index (χ3v) is 4.62. The van der Waals surface area contributed by atoms with Crippen LogP contribution in [0.4, 0.5) is 0 Å². The lowest BCUT2D eigenvalue weighted by Crippen LogP contribution is -2.34. The Labute approximate surface area is 161 Å². The molecule has 1 amide bonds. The largest absolute Gasteiger partial charge is 0.454 e. The highest BCUT2D eigenvalue weighted by Gasteiger charge is 2.21. The molecular formula is C21H21N3O4. The van der Waals surface area contributed by atoms with Gasteiger partial charge in [-0.2, -0.15) is 0 Å². The number of para-hydroxylation sites is 1. The Hall–Kier alpha value is -3.35. The summed E-state index contributed by atoms with van der Waals surface area (Å²) >= 11 is 0. The summed E-state index contributed by atoms with van der Waals surface area (Å²) in [5.41, 5.74) is 1.32. The standard InChI is InChI=1S/C21H21N3O4/c1-13(2)21(26)24(10-14-7-8-17-18(9-14)28-12-27-17)11-19-22-16-6-4-3-5-15(16)20(25)23-19/h3-9,13H,10-12H2,1-2H3,(H,22,23,25). The Balaban J connectivity index is 1.63. The van der Waals surface area contributed by atoms with Crippen LogP contribution in [0, 0.1) is 5.92 Å². The Bertz CT molecular complexity index is 1090. The van der Waals surface area contributed by atoms with Crippen LogP contribution in [0.2, 0.25) is 0 Å². The molecule has 7 nitrogen and oxygen atoms in total. The summed E-state index contributed by atoms with van der Waals surface area (Å²) < 4.78 is 10.8. The fourth-order valence-electron chi connectivity index (χ4n) is 3.23. The van der Waals surface area contributed by atoms with Crippen LogP contribution in [-0.4, -0.2) is 27.6 Å². The van der Waals surface area contributed by atoms with Gasteiger partial charge in [0.15, 0.2) is 11.5 Å². The molecule has 0 radical (unpaired) electrons. The minimum atomic E-state index is -0.208. The van der Waals surface area contributed by atoms with Crippen molar-refractivity contribution in [3.8, 4) is 11.5 Å². The highest BCUT2D eigenvalue weighted by Crippen LogP contribution is 2.33. The van der Waals surface area contributed by atoms with Crippen molar-refractivity contribution in [1.29, 1.82) is 0 Å². The number of ether oxygens (including phenoxy) is 2. The van der Waals surface area contributed by atoms with Crippen LogP contribution in [0.25, 0.3) is 10.9 Å². The number of nitrogens with one attached hydrogen (secondary N) is 1. The van der Waals surface area contributed by atoms with Crippen LogP contribution in [0.3, 0.4) is 0 Å². The highest BCUT2D eigenvalue weighted by atomic mass is 16.7. The average molecular weight is 379 g/mol. The molecule has 0 unspecified atom stereocenters. The molecular weight excluding hydrogens is 358 g/mol. The van der Waals surface area contributed by atoms with Crippen molar-refractivity contribution in [2.75, 3.05) is 6.79 Å². The van der Waals surface area contributed by atoms with E-state index >= 15 is 0 Å². The van der Waals surface area contributed by atoms with Gasteiger partial charge >= 0.3 is 0 Å². The molecule has 4 rings (SSSR count). The Morgan fingerprint density at radius 3 is 2.75 bits per heavy atom. The number of aromatic nitrogens is 2. The zero-order valence-electron chi connectivity index (χ0n) is 15.8. The average Bonchev–Trinajstić information content (AvgIpc) is 3.14. The number of rotatable bonds is 5. The molecule has 7 heteroatoms. The SMILES string of the molecule is CC(C)C(=O)N(Cc1ccc2c(c1)OCO2)Cc1nc2ccccc2c(=O)[nH]1. The minimum Gasteiger partial charge on any atom is -0.454 e. The first-order valence-corrected chi connectivity index (χ1v) is 9.16. The number of H-pyrrole nitrogens is 1. The molecule has 28 heavy (non-hydrogen) atoms. The maximum Gasteiger partial charge on any atom is 0.258 e. The van der Waals surface area contributed by atoms with Gasteiger partial charge in [-0.15, -0.1) is 0 Å². The second-order valence-corrected chi connectivity index (χ2v) is 7.07. The Kier molecular flexibility index (Phi) is 4.73. The quantitative estimate of drug-likeness (QED) is 0.737. The molecule has 2 heterocycles. The third kappa shape index (κ3) is 3.55. The number of benzene rings is 2. The molecule has 144 valence electrons. The molecule has 0 fully saturated rings. The van der Waals surface area contributed by atoms with Gasteiger partial charge < -0.3 is 19.4 Å². The summed E-state index contributed by atoms with van der Waals surface area (Å²) in [4.78, 5) is 34.1. The van der Waals surface area contributed by atoms with Gasteiger partial charge in [-0.25, -0.2) is 4.98 Å². The maximum atomic E-state index is 12.8. The van der Waals surface area contributed by atoms with Crippen LogP contribution in [-0.2, 0) is 17.9 Å². The van der Waals surface area contributed by atoms with Gasteiger partial charge in [0.25, 0.3) is 5.56 Å². The Morgan fingerprint density at radius 2 is 1.93 bits per heavy atom. The van der Waals surface area contributed by atoms with Crippen molar-refractivity contribution in [2.45, 2.75) is 26.9 Å². The molecule has 2 aromatic carbocycles. The van der Waals surface area contributed by atoms with E-state index in [1.165, 1.54) is 0 Å². The van der Waals surface area contributed by atoms with Gasteiger partial charge in [0.2, 0.25) is 12.7 Å². The van der Waals surface area contributed by atoms with E-state index in [4.69, 9.17) is 9.47 Å². The van der Waals surface area contributed by atoms with E-state index in [-0.39, 0.29) is 30.7 Å². The molecule has 0 bridgehead atoms. The normalized spacial score (nSPS) is 12.5. The summed E-state index contributed by atoms with van der Waals surface area (Å²) in [6.45, 7) is 4.50. The topological polar surface area (TPSA) is 84.5 Å². The number of fused-ring (bicyclic) bond motifs is 2. The molecule has 1 N–H and O–H groups in total. The van der Waals surface area contributed by atoms with E-state index < -0.39 is 0 Å². The zero-order valence-corrected chi connectivity index (χ0v) is 15.8. The van der Waals surface area contributed by atoms with E-state index in [0.29, 0.717) is 34.8 Å². The van der Waals surface area contributed by atoms with Crippen LogP contribution in [0.15, 0.2) is 47.3 Å². The number of hydrogen-bond donors (Lipinski definition) is 1. The Morgan fingerprint density at radius 1 is 1.14 bits per heavy atom. The van der Waals surface area contributed by atoms with E-state index in [0.717, 1.165) is 5.56 Å². The number of nitrogens with zero attached hydrogens (tertiary/aromatic N) is 2. The predicted octanol–water partition coefficient (Wildman–Crippen LogP) is 2.84. The van der Waals surface area contributed by atoms with E-state index in [2.05, 4.69) is 9.97 Å². The summed E-state index contributed by atoms with van der Waals surface area (Å²) in [7, 11) is 0. The van der Waals surface area contributed by atoms with Gasteiger partial charge in [0.1, 0.15) is 5.82 Å². The summed E-state index contributed by atoms with van der Waals surface area (Å²) in [6, 6.07) is 12.8. The smallest absolute Gasteiger partial charge is 0.258 e. The first-order chi connectivity index (χ1) is 13.5. The monoisotopic (exact) mass is 379 g/mol. The van der Waals surface area contributed by atoms with Crippen LogP contribution < -0.4 is 15.0 Å². The molecule has 3 aromatic rings. The molecule has 1 aromatic heterocycles. The third-order valence-electron chi connectivity index (χ3n) is 4.62. The van der Waals surface area contributed by atoms with Crippen molar-refractivity contribution >= 4 is 16.8 Å². The molecule has 0 aliphatic carbocycles. The summed E-state index contributed by atoms with van der Waals surface area (Å²) in [6.07, 6.45) is 0. The van der Waals surface area contributed by atoms with Gasteiger partial charge in [0, 0.05) is 12.5 Å². The lowest BCUT2D eigenvalue weighted by Gasteiger charge is -2.24. The summed E-state index contributed by atoms with van der Waals surface area (Å²) in [5, 5.41) is 0.531. The van der Waals surface area contributed by atoms with Crippen LogP contribution in [0.5, 0.6) is 11.5 Å². The van der Waals surface area contributed by atoms with Crippen LogP contribution in [0.1, 0.15) is 25.2 Å². The first-order valence-electron chi connectivity index (χ1n) is 9.16. The van der Waals surface area contributed by atoms with Crippen molar-refractivity contribution < 1.29 is 14.3 Å². The maximum absolute atomic E-state index is 12.8. The van der Waals surface area contributed by atoms with Gasteiger partial charge in [-0.1, -0.05) is 32.0 Å². The molecule has 0 saturated carbocycles. The predicted molar refractivity (Wildman–Crippen MR) is 104 cm³/mol. The second-order valence-electron chi connectivity index (χ2n) is 7.07. The second kappa shape index (κ2) is 7.34. The lowest BCUT2D eigenvalue weighted by molar-refractivity contribution is -0.135. The van der Waals surface area contributed by atoms with Gasteiger partial charge in [-0.3, -0.25) is 9.59 Å². The van der Waals surface area contributed by atoms with Crippen molar-refractivity contribution in [1.82, 2.24) is 14.9 Å². The highest BCUT2D eigenvalue weighted by molar-refractivity contribution is 5.79. The fourth-order valence-corrected chi connectivity index (χ4v) is 3.23. The van der Waals surface area contributed by atoms with Gasteiger partial charge in [-0.05, 0) is 29.8 Å². The number of aromatic amines is 1. The number of carbonyl (C=O) groups is 1. The minimum absolute atomic E-state index is 0.0199. The van der Waals surface area contributed by atoms with Crippen LogP contribution >= 0.6 is 0 Å². The molecule has 1 aliphatic rings. The van der Waals surface area contributed by atoms with E-state index in [1.54, 1.807) is 23.1 Å².